The topological polar surface area (TPSA) is 68.1 Å². The first-order chi connectivity index (χ1) is 10.2. The van der Waals surface area contributed by atoms with Gasteiger partial charge in [-0.15, -0.1) is 0 Å². The molecule has 1 heterocycles. The van der Waals surface area contributed by atoms with Crippen molar-refractivity contribution >= 4 is 16.9 Å². The van der Waals surface area contributed by atoms with Crippen molar-refractivity contribution in [2.75, 3.05) is 6.54 Å². The Morgan fingerprint density at radius 2 is 2.05 bits per heavy atom. The second-order valence-electron chi connectivity index (χ2n) is 6.11. The molecule has 4 heteroatoms. The average Bonchev–Trinajstić information content (AvgIpc) is 2.98. The van der Waals surface area contributed by atoms with E-state index in [0.717, 1.165) is 36.6 Å². The van der Waals surface area contributed by atoms with Crippen LogP contribution in [0.1, 0.15) is 38.5 Å². The normalized spacial score (nSPS) is 17.8. The van der Waals surface area contributed by atoms with Crippen LogP contribution in [0.3, 0.4) is 0 Å². The fraction of sp³-hybridized carbons (Fsp3) is 0.471. The fourth-order valence-corrected chi connectivity index (χ4v) is 3.37. The van der Waals surface area contributed by atoms with E-state index in [-0.39, 0.29) is 11.4 Å². The van der Waals surface area contributed by atoms with E-state index in [0.29, 0.717) is 18.7 Å². The Morgan fingerprint density at radius 3 is 2.81 bits per heavy atom. The van der Waals surface area contributed by atoms with Crippen LogP contribution < -0.4 is 10.5 Å². The number of ether oxygens (including phenoxy) is 1. The van der Waals surface area contributed by atoms with Gasteiger partial charge in [-0.1, -0.05) is 25.3 Å². The highest BCUT2D eigenvalue weighted by atomic mass is 16.5. The summed E-state index contributed by atoms with van der Waals surface area (Å²) >= 11 is 0. The molecule has 0 spiro atoms. The van der Waals surface area contributed by atoms with Crippen molar-refractivity contribution in [2.45, 2.75) is 38.5 Å². The van der Waals surface area contributed by atoms with E-state index in [1.807, 2.05) is 30.5 Å². The molecule has 112 valence electrons. The molecule has 0 unspecified atom stereocenters. The molecule has 3 rings (SSSR count). The third-order valence-corrected chi connectivity index (χ3v) is 4.65. The number of hydrogen-bond donors (Lipinski definition) is 2. The van der Waals surface area contributed by atoms with Crippen LogP contribution in [-0.2, 0) is 4.79 Å². The first-order valence-electron chi connectivity index (χ1n) is 7.69. The zero-order chi connectivity index (χ0) is 14.7. The van der Waals surface area contributed by atoms with Gasteiger partial charge >= 0.3 is 5.97 Å². The van der Waals surface area contributed by atoms with Crippen molar-refractivity contribution in [3.63, 3.8) is 0 Å². The van der Waals surface area contributed by atoms with Gasteiger partial charge in [-0.3, -0.25) is 4.79 Å². The van der Waals surface area contributed by atoms with E-state index in [1.165, 1.54) is 6.42 Å². The maximum absolute atomic E-state index is 12.3. The third kappa shape index (κ3) is 2.95. The molecule has 0 atom stereocenters. The van der Waals surface area contributed by atoms with E-state index >= 15 is 0 Å². The van der Waals surface area contributed by atoms with Crippen molar-refractivity contribution in [1.82, 2.24) is 4.98 Å². The summed E-state index contributed by atoms with van der Waals surface area (Å²) in [6.45, 7) is 0.566. The summed E-state index contributed by atoms with van der Waals surface area (Å²) in [7, 11) is 0. The fourth-order valence-electron chi connectivity index (χ4n) is 3.37. The molecular formula is C17H22N2O2. The quantitative estimate of drug-likeness (QED) is 0.669. The Labute approximate surface area is 124 Å². The number of hydrogen-bond acceptors (Lipinski definition) is 3. The number of fused-ring (bicyclic) bond motifs is 1. The molecule has 1 saturated carbocycles. The van der Waals surface area contributed by atoms with Crippen LogP contribution in [0.25, 0.3) is 10.9 Å². The highest BCUT2D eigenvalue weighted by molar-refractivity contribution is 5.88. The lowest BCUT2D eigenvalue weighted by Crippen LogP contribution is -2.36. The number of rotatable bonds is 4. The molecule has 1 aliphatic rings. The van der Waals surface area contributed by atoms with Crippen LogP contribution >= 0.6 is 0 Å². The van der Waals surface area contributed by atoms with Gasteiger partial charge in [0.05, 0.1) is 6.42 Å². The number of carbonyl (C=O) groups is 1. The minimum atomic E-state index is -0.170. The van der Waals surface area contributed by atoms with Gasteiger partial charge in [0.1, 0.15) is 5.75 Å². The summed E-state index contributed by atoms with van der Waals surface area (Å²) in [5.41, 5.74) is 6.87. The van der Waals surface area contributed by atoms with Gasteiger partial charge in [-0.25, -0.2) is 0 Å². The number of aromatic amines is 1. The van der Waals surface area contributed by atoms with Crippen molar-refractivity contribution in [3.8, 4) is 5.75 Å². The average molecular weight is 286 g/mol. The van der Waals surface area contributed by atoms with Gasteiger partial charge in [0, 0.05) is 17.1 Å². The molecule has 1 aliphatic carbocycles. The molecule has 0 amide bonds. The minimum Gasteiger partial charge on any atom is -0.426 e. The second-order valence-corrected chi connectivity index (χ2v) is 6.11. The summed E-state index contributed by atoms with van der Waals surface area (Å²) in [5.74, 6) is 0.456. The predicted molar refractivity (Wildman–Crippen MR) is 83.1 cm³/mol. The van der Waals surface area contributed by atoms with Crippen LogP contribution in [0.15, 0.2) is 30.5 Å². The third-order valence-electron chi connectivity index (χ3n) is 4.65. The van der Waals surface area contributed by atoms with E-state index in [9.17, 15) is 4.79 Å². The Kier molecular flexibility index (Phi) is 3.97. The highest BCUT2D eigenvalue weighted by Crippen LogP contribution is 2.39. The summed E-state index contributed by atoms with van der Waals surface area (Å²) < 4.78 is 5.60. The van der Waals surface area contributed by atoms with Gasteiger partial charge in [0.2, 0.25) is 0 Å². The smallest absolute Gasteiger partial charge is 0.311 e. The lowest BCUT2D eigenvalue weighted by Gasteiger charge is -2.35. The Hall–Kier alpha value is -1.81. The largest absolute Gasteiger partial charge is 0.426 e. The summed E-state index contributed by atoms with van der Waals surface area (Å²) in [5, 5.41) is 0.941. The SMILES string of the molecule is NCC1(CC(=O)Oc2cccc3[nH]ccc23)CCCCC1. The minimum absolute atomic E-state index is 0.0542. The number of benzene rings is 1. The first-order valence-corrected chi connectivity index (χ1v) is 7.69. The Morgan fingerprint density at radius 1 is 1.24 bits per heavy atom. The maximum Gasteiger partial charge on any atom is 0.311 e. The number of H-pyrrole nitrogens is 1. The van der Waals surface area contributed by atoms with Crippen LogP contribution in [0.2, 0.25) is 0 Å². The molecule has 2 aromatic rings. The molecule has 1 aromatic carbocycles. The predicted octanol–water partition coefficient (Wildman–Crippen LogP) is 3.37. The Bertz CT molecular complexity index is 627. The van der Waals surface area contributed by atoms with Crippen LogP contribution in [0, 0.1) is 5.41 Å². The number of nitrogens with one attached hydrogen (secondary N) is 1. The van der Waals surface area contributed by atoms with E-state index in [1.54, 1.807) is 0 Å². The standard InChI is InChI=1S/C17H22N2O2/c18-12-17(8-2-1-3-9-17)11-16(20)21-15-6-4-5-14-13(15)7-10-19-14/h4-7,10,19H,1-3,8-9,11-12,18H2. The second kappa shape index (κ2) is 5.90. The van der Waals surface area contributed by atoms with Gasteiger partial charge < -0.3 is 15.5 Å². The van der Waals surface area contributed by atoms with Gasteiger partial charge in [-0.05, 0) is 43.0 Å². The molecule has 3 N–H and O–H groups in total. The van der Waals surface area contributed by atoms with Crippen LogP contribution in [0.5, 0.6) is 5.75 Å². The number of esters is 1. The molecule has 4 nitrogen and oxygen atoms in total. The zero-order valence-electron chi connectivity index (χ0n) is 12.2. The highest BCUT2D eigenvalue weighted by Gasteiger charge is 2.33. The first kappa shape index (κ1) is 14.1. The molecule has 0 radical (unpaired) electrons. The molecule has 0 aliphatic heterocycles. The van der Waals surface area contributed by atoms with Gasteiger partial charge in [0.15, 0.2) is 0 Å². The number of aromatic nitrogens is 1. The van der Waals surface area contributed by atoms with Gasteiger partial charge in [0.25, 0.3) is 0 Å². The summed E-state index contributed by atoms with van der Waals surface area (Å²) in [4.78, 5) is 15.4. The molecule has 21 heavy (non-hydrogen) atoms. The van der Waals surface area contributed by atoms with E-state index in [2.05, 4.69) is 4.98 Å². The number of carbonyl (C=O) groups excluding carboxylic acids is 1. The molecule has 0 bridgehead atoms. The molecule has 0 saturated heterocycles. The van der Waals surface area contributed by atoms with E-state index < -0.39 is 0 Å². The monoisotopic (exact) mass is 286 g/mol. The lowest BCUT2D eigenvalue weighted by molar-refractivity contribution is -0.137. The zero-order valence-corrected chi connectivity index (χ0v) is 12.2. The molecule has 1 fully saturated rings. The van der Waals surface area contributed by atoms with Crippen molar-refractivity contribution in [3.05, 3.63) is 30.5 Å². The van der Waals surface area contributed by atoms with Crippen molar-refractivity contribution < 1.29 is 9.53 Å². The summed E-state index contributed by atoms with van der Waals surface area (Å²) in [6.07, 6.45) is 7.92. The van der Waals surface area contributed by atoms with Crippen LogP contribution in [0.4, 0.5) is 0 Å². The van der Waals surface area contributed by atoms with Gasteiger partial charge in [-0.2, -0.15) is 0 Å². The van der Waals surface area contributed by atoms with Crippen LogP contribution in [-0.4, -0.2) is 17.5 Å². The Balaban J connectivity index is 1.72. The van der Waals surface area contributed by atoms with Crippen molar-refractivity contribution in [1.29, 1.82) is 0 Å². The molecular weight excluding hydrogens is 264 g/mol. The number of nitrogens with two attached hydrogens (primary N) is 1. The molecule has 1 aromatic heterocycles. The van der Waals surface area contributed by atoms with Crippen molar-refractivity contribution in [2.24, 2.45) is 11.1 Å². The lowest BCUT2D eigenvalue weighted by atomic mass is 9.72. The maximum atomic E-state index is 12.3. The summed E-state index contributed by atoms with van der Waals surface area (Å²) in [6, 6.07) is 7.62. The van der Waals surface area contributed by atoms with E-state index in [4.69, 9.17) is 10.5 Å².